The van der Waals surface area contributed by atoms with Gasteiger partial charge in [-0.3, -0.25) is 4.79 Å². The van der Waals surface area contributed by atoms with E-state index in [1.54, 1.807) is 0 Å². The number of alkyl halides is 3. The fraction of sp³-hybridized carbons (Fsp3) is 0.0714. The number of carbonyl (C=O) groups excluding carboxylic acids is 1. The summed E-state index contributed by atoms with van der Waals surface area (Å²) in [6.07, 6.45) is -4.55. The smallest absolute Gasteiger partial charge is 0.417 e. The van der Waals surface area contributed by atoms with E-state index in [9.17, 15) is 18.0 Å². The van der Waals surface area contributed by atoms with Gasteiger partial charge in [0, 0.05) is 15.7 Å². The van der Waals surface area contributed by atoms with Crippen molar-refractivity contribution in [3.8, 4) is 5.75 Å². The maximum atomic E-state index is 12.8. The number of rotatable bonds is 2. The number of benzene rings is 2. The summed E-state index contributed by atoms with van der Waals surface area (Å²) in [5, 5.41) is 11.6. The lowest BCUT2D eigenvalue weighted by molar-refractivity contribution is -0.138. The van der Waals surface area contributed by atoms with Gasteiger partial charge in [-0.1, -0.05) is 15.9 Å². The first-order valence-corrected chi connectivity index (χ1v) is 6.54. The molecule has 0 unspecified atom stereocenters. The van der Waals surface area contributed by atoms with Crippen molar-refractivity contribution in [2.24, 2.45) is 0 Å². The van der Waals surface area contributed by atoms with E-state index in [2.05, 4.69) is 21.2 Å². The Hall–Kier alpha value is -2.02. The molecule has 0 atom stereocenters. The molecule has 2 N–H and O–H groups in total. The Labute approximate surface area is 126 Å². The molecular formula is C14H9BrF3NO2. The molecule has 0 aliphatic carbocycles. The monoisotopic (exact) mass is 359 g/mol. The fourth-order valence-corrected chi connectivity index (χ4v) is 2.10. The number of halogens is 4. The summed E-state index contributed by atoms with van der Waals surface area (Å²) in [4.78, 5) is 11.9. The van der Waals surface area contributed by atoms with Crippen LogP contribution in [0, 0.1) is 0 Å². The van der Waals surface area contributed by atoms with E-state index in [1.807, 2.05) is 0 Å². The molecule has 110 valence electrons. The molecule has 0 spiro atoms. The molecular weight excluding hydrogens is 351 g/mol. The van der Waals surface area contributed by atoms with E-state index < -0.39 is 17.6 Å². The highest BCUT2D eigenvalue weighted by Crippen LogP contribution is 2.35. The van der Waals surface area contributed by atoms with Crippen LogP contribution in [0.15, 0.2) is 46.9 Å². The zero-order valence-electron chi connectivity index (χ0n) is 10.4. The Morgan fingerprint density at radius 3 is 2.29 bits per heavy atom. The third-order valence-electron chi connectivity index (χ3n) is 2.66. The minimum absolute atomic E-state index is 0.0241. The molecule has 0 bridgehead atoms. The van der Waals surface area contributed by atoms with Crippen molar-refractivity contribution < 1.29 is 23.1 Å². The summed E-state index contributed by atoms with van der Waals surface area (Å²) in [7, 11) is 0. The Bertz CT molecular complexity index is 669. The quantitative estimate of drug-likeness (QED) is 0.779. The van der Waals surface area contributed by atoms with Gasteiger partial charge in [0.1, 0.15) is 5.75 Å². The summed E-state index contributed by atoms with van der Waals surface area (Å²) < 4.78 is 38.2. The lowest BCUT2D eigenvalue weighted by Crippen LogP contribution is -2.14. The average molecular weight is 360 g/mol. The van der Waals surface area contributed by atoms with E-state index in [0.29, 0.717) is 5.69 Å². The number of hydrogen-bond donors (Lipinski definition) is 2. The summed E-state index contributed by atoms with van der Waals surface area (Å²) in [5.74, 6) is -0.644. The zero-order valence-corrected chi connectivity index (χ0v) is 12.0. The molecule has 0 aliphatic heterocycles. The van der Waals surface area contributed by atoms with Crippen molar-refractivity contribution in [3.05, 3.63) is 58.1 Å². The molecule has 0 saturated carbocycles. The molecule has 21 heavy (non-hydrogen) atoms. The maximum Gasteiger partial charge on any atom is 0.417 e. The van der Waals surface area contributed by atoms with Crippen LogP contribution in [0.1, 0.15) is 15.9 Å². The summed E-state index contributed by atoms with van der Waals surface area (Å²) in [5.41, 5.74) is -0.659. The van der Waals surface area contributed by atoms with Crippen molar-refractivity contribution in [1.82, 2.24) is 0 Å². The Morgan fingerprint density at radius 2 is 1.71 bits per heavy atom. The molecule has 0 saturated heterocycles. The topological polar surface area (TPSA) is 49.3 Å². The molecule has 1 amide bonds. The van der Waals surface area contributed by atoms with Crippen molar-refractivity contribution in [2.75, 3.05) is 5.32 Å². The molecule has 0 fully saturated rings. The number of carbonyl (C=O) groups is 1. The molecule has 0 radical (unpaired) electrons. The molecule has 2 rings (SSSR count). The van der Waals surface area contributed by atoms with Crippen molar-refractivity contribution in [1.29, 1.82) is 0 Å². The Balaban J connectivity index is 2.25. The number of phenolic OH excluding ortho intramolecular Hbond substituents is 1. The SMILES string of the molecule is O=C(Nc1ccc(O)cc1)c1ccc(Br)c(C(F)(F)F)c1. The normalized spacial score (nSPS) is 11.2. The van der Waals surface area contributed by atoms with E-state index in [1.165, 1.54) is 36.4 Å². The van der Waals surface area contributed by atoms with Gasteiger partial charge in [-0.15, -0.1) is 0 Å². The van der Waals surface area contributed by atoms with Crippen LogP contribution in [-0.4, -0.2) is 11.0 Å². The zero-order chi connectivity index (χ0) is 15.6. The number of nitrogens with one attached hydrogen (secondary N) is 1. The lowest BCUT2D eigenvalue weighted by Gasteiger charge is -2.11. The first-order valence-electron chi connectivity index (χ1n) is 5.74. The Morgan fingerprint density at radius 1 is 1.10 bits per heavy atom. The minimum Gasteiger partial charge on any atom is -0.508 e. The van der Waals surface area contributed by atoms with Gasteiger partial charge in [0.2, 0.25) is 0 Å². The van der Waals surface area contributed by atoms with Crippen molar-refractivity contribution in [2.45, 2.75) is 6.18 Å². The van der Waals surface area contributed by atoms with Gasteiger partial charge in [-0.2, -0.15) is 13.2 Å². The van der Waals surface area contributed by atoms with Crippen LogP contribution in [-0.2, 0) is 6.18 Å². The number of aromatic hydroxyl groups is 1. The second kappa shape index (κ2) is 5.77. The van der Waals surface area contributed by atoms with Gasteiger partial charge in [0.25, 0.3) is 5.91 Å². The Kier molecular flexibility index (Phi) is 4.22. The fourth-order valence-electron chi connectivity index (χ4n) is 1.63. The van der Waals surface area contributed by atoms with E-state index >= 15 is 0 Å². The largest absolute Gasteiger partial charge is 0.508 e. The first kappa shape index (κ1) is 15.4. The van der Waals surface area contributed by atoms with Crippen LogP contribution in [0.25, 0.3) is 0 Å². The molecule has 7 heteroatoms. The van der Waals surface area contributed by atoms with E-state index in [-0.39, 0.29) is 15.8 Å². The predicted octanol–water partition coefficient (Wildman–Crippen LogP) is 4.43. The molecule has 2 aromatic rings. The molecule has 2 aromatic carbocycles. The number of anilines is 1. The van der Waals surface area contributed by atoms with Gasteiger partial charge in [-0.25, -0.2) is 0 Å². The molecule has 3 nitrogen and oxygen atoms in total. The van der Waals surface area contributed by atoms with Crippen LogP contribution in [0.5, 0.6) is 5.75 Å². The van der Waals surface area contributed by atoms with Crippen LogP contribution < -0.4 is 5.32 Å². The van der Waals surface area contributed by atoms with Crippen LogP contribution in [0.3, 0.4) is 0 Å². The number of amides is 1. The van der Waals surface area contributed by atoms with Crippen LogP contribution in [0.4, 0.5) is 18.9 Å². The van der Waals surface area contributed by atoms with Gasteiger partial charge in [-0.05, 0) is 42.5 Å². The highest BCUT2D eigenvalue weighted by molar-refractivity contribution is 9.10. The third-order valence-corrected chi connectivity index (χ3v) is 3.35. The third kappa shape index (κ3) is 3.75. The lowest BCUT2D eigenvalue weighted by atomic mass is 10.1. The van der Waals surface area contributed by atoms with Crippen LogP contribution >= 0.6 is 15.9 Å². The first-order chi connectivity index (χ1) is 9.77. The van der Waals surface area contributed by atoms with Gasteiger partial charge < -0.3 is 10.4 Å². The highest BCUT2D eigenvalue weighted by Gasteiger charge is 2.33. The number of phenols is 1. The van der Waals surface area contributed by atoms with Gasteiger partial charge in [0.05, 0.1) is 5.56 Å². The minimum atomic E-state index is -4.55. The maximum absolute atomic E-state index is 12.8. The summed E-state index contributed by atoms with van der Waals surface area (Å²) >= 11 is 2.81. The van der Waals surface area contributed by atoms with Crippen molar-refractivity contribution in [3.63, 3.8) is 0 Å². The predicted molar refractivity (Wildman–Crippen MR) is 75.2 cm³/mol. The standard InChI is InChI=1S/C14H9BrF3NO2/c15-12-6-1-8(7-11(12)14(16,17)18)13(21)19-9-2-4-10(20)5-3-9/h1-7,20H,(H,19,21). The molecule has 0 aliphatic rings. The van der Waals surface area contributed by atoms with Crippen LogP contribution in [0.2, 0.25) is 0 Å². The summed E-state index contributed by atoms with van der Waals surface area (Å²) in [6, 6.07) is 8.84. The second-order valence-electron chi connectivity index (χ2n) is 4.19. The van der Waals surface area contributed by atoms with E-state index in [0.717, 1.165) is 6.07 Å². The molecule has 0 aromatic heterocycles. The molecule has 0 heterocycles. The highest BCUT2D eigenvalue weighted by atomic mass is 79.9. The van der Waals surface area contributed by atoms with Gasteiger partial charge >= 0.3 is 6.18 Å². The van der Waals surface area contributed by atoms with Gasteiger partial charge in [0.15, 0.2) is 0 Å². The van der Waals surface area contributed by atoms with E-state index in [4.69, 9.17) is 5.11 Å². The van der Waals surface area contributed by atoms with Crippen molar-refractivity contribution >= 4 is 27.5 Å². The number of hydrogen-bond acceptors (Lipinski definition) is 2. The summed E-state index contributed by atoms with van der Waals surface area (Å²) in [6.45, 7) is 0. The second-order valence-corrected chi connectivity index (χ2v) is 5.05. The average Bonchev–Trinajstić information content (AvgIpc) is 2.40.